The number of amides is 2. The van der Waals surface area contributed by atoms with E-state index in [1.165, 1.54) is 0 Å². The van der Waals surface area contributed by atoms with E-state index < -0.39 is 33.3 Å². The highest BCUT2D eigenvalue weighted by Crippen LogP contribution is 2.48. The van der Waals surface area contributed by atoms with Crippen LogP contribution in [0.5, 0.6) is 0 Å². The Morgan fingerprint density at radius 3 is 2.12 bits per heavy atom. The first-order valence-electron chi connectivity index (χ1n) is 9.56. The molecule has 32 heavy (non-hydrogen) atoms. The molecule has 1 aromatic heterocycles. The molecule has 0 bridgehead atoms. The van der Waals surface area contributed by atoms with Crippen LogP contribution in [-0.4, -0.2) is 41.6 Å². The molecule has 9 nitrogen and oxygen atoms in total. The van der Waals surface area contributed by atoms with Gasteiger partial charge in [0.1, 0.15) is 0 Å². The third-order valence-electron chi connectivity index (χ3n) is 5.30. The molecule has 1 aliphatic rings. The van der Waals surface area contributed by atoms with Gasteiger partial charge in [0, 0.05) is 0 Å². The minimum Gasteiger partial charge on any atom is -0.465 e. The molecule has 1 heterocycles. The Balaban J connectivity index is 1.55. The molecule has 0 atom stereocenters. The molecule has 1 aliphatic carbocycles. The summed E-state index contributed by atoms with van der Waals surface area (Å²) in [5, 5.41) is 14.7. The summed E-state index contributed by atoms with van der Waals surface area (Å²) in [6.07, 6.45) is 1.63. The zero-order chi connectivity index (χ0) is 23.1. The number of hydrogen-bond donors (Lipinski definition) is 3. The van der Waals surface area contributed by atoms with E-state index in [1.807, 2.05) is 17.4 Å². The van der Waals surface area contributed by atoms with Gasteiger partial charge in [-0.3, -0.25) is 14.8 Å². The summed E-state index contributed by atoms with van der Waals surface area (Å²) in [4.78, 5) is 23.3. The third-order valence-corrected chi connectivity index (χ3v) is 5.85. The number of halogens is 1. The molecule has 4 rings (SSSR count). The van der Waals surface area contributed by atoms with E-state index in [0.717, 1.165) is 33.8 Å². The quantitative estimate of drug-likeness (QED) is 0.521. The van der Waals surface area contributed by atoms with Crippen molar-refractivity contribution >= 4 is 27.8 Å². The number of sulfonamides is 1. The first kappa shape index (κ1) is 21.5. The summed E-state index contributed by atoms with van der Waals surface area (Å²) in [5.41, 5.74) is 2.09. The number of nitrogens with zero attached hydrogens (tertiary/aromatic N) is 2. The molecule has 1 saturated carbocycles. The molecule has 1 fully saturated rings. The monoisotopic (exact) mass is 458 g/mol. The lowest BCUT2D eigenvalue weighted by Crippen LogP contribution is -2.38. The van der Waals surface area contributed by atoms with Crippen LogP contribution in [0.2, 0.25) is 0 Å². The van der Waals surface area contributed by atoms with Crippen LogP contribution in [0.15, 0.2) is 54.7 Å². The van der Waals surface area contributed by atoms with Crippen molar-refractivity contribution in [1.29, 1.82) is 0 Å². The van der Waals surface area contributed by atoms with Gasteiger partial charge in [0.15, 0.2) is 11.6 Å². The van der Waals surface area contributed by atoms with Crippen molar-refractivity contribution in [3.8, 4) is 16.8 Å². The molecule has 11 heteroatoms. The Kier molecular flexibility index (Phi) is 5.21. The number of carbonyl (C=O) groups is 2. The third kappa shape index (κ3) is 4.19. The van der Waals surface area contributed by atoms with Gasteiger partial charge in [0.25, 0.3) is 0 Å². The lowest BCUT2D eigenvalue weighted by Gasteiger charge is -2.15. The molecule has 0 unspecified atom stereocenters. The van der Waals surface area contributed by atoms with Crippen molar-refractivity contribution in [1.82, 2.24) is 14.5 Å². The highest BCUT2D eigenvalue weighted by Gasteiger charge is 2.51. The lowest BCUT2D eigenvalue weighted by molar-refractivity contribution is -0.121. The van der Waals surface area contributed by atoms with Gasteiger partial charge in [0.2, 0.25) is 15.9 Å². The van der Waals surface area contributed by atoms with Crippen LogP contribution in [0, 0.1) is 5.82 Å². The second-order valence-electron chi connectivity index (χ2n) is 7.59. The molecule has 0 spiro atoms. The van der Waals surface area contributed by atoms with E-state index in [1.54, 1.807) is 36.4 Å². The number of carboxylic acid groups (broad SMARTS) is 1. The van der Waals surface area contributed by atoms with Gasteiger partial charge in [-0.1, -0.05) is 36.4 Å². The molecule has 3 aromatic rings. The minimum absolute atomic E-state index is 0.281. The number of rotatable bonds is 6. The Labute approximate surface area is 182 Å². The van der Waals surface area contributed by atoms with Gasteiger partial charge in [0.05, 0.1) is 23.6 Å². The Morgan fingerprint density at radius 1 is 1.06 bits per heavy atom. The van der Waals surface area contributed by atoms with Gasteiger partial charge in [-0.05, 0) is 41.7 Å². The van der Waals surface area contributed by atoms with E-state index in [2.05, 4.69) is 9.82 Å². The normalized spacial score (nSPS) is 14.6. The van der Waals surface area contributed by atoms with Gasteiger partial charge < -0.3 is 5.11 Å². The summed E-state index contributed by atoms with van der Waals surface area (Å²) >= 11 is 0. The fraction of sp³-hybridized carbons (Fsp3) is 0.190. The van der Waals surface area contributed by atoms with E-state index in [0.29, 0.717) is 18.5 Å². The zero-order valence-corrected chi connectivity index (χ0v) is 17.7. The largest absolute Gasteiger partial charge is 0.465 e. The highest BCUT2D eigenvalue weighted by molar-refractivity contribution is 7.89. The molecule has 0 aliphatic heterocycles. The number of nitrogens with one attached hydrogen (secondary N) is 2. The van der Waals surface area contributed by atoms with Crippen molar-refractivity contribution in [2.45, 2.75) is 18.3 Å². The standard InChI is InChI=1S/C21H19FN4O5S/c1-32(30,31)25-19(27)21(10-11-21)15-6-2-13(3-7-15)14-4-8-16(9-5-14)26-18(24-20(28)29)17(22)12-23-26/h2-9,12,24H,10-11H2,1H3,(H,25,27)(H,28,29). The molecule has 0 radical (unpaired) electrons. The van der Waals surface area contributed by atoms with E-state index in [4.69, 9.17) is 5.11 Å². The van der Waals surface area contributed by atoms with Gasteiger partial charge in [-0.15, -0.1) is 0 Å². The number of aromatic nitrogens is 2. The van der Waals surface area contributed by atoms with Crippen LogP contribution in [0.1, 0.15) is 18.4 Å². The predicted molar refractivity (Wildman–Crippen MR) is 115 cm³/mol. The molecule has 2 aromatic carbocycles. The average Bonchev–Trinajstić information content (AvgIpc) is 3.47. The number of carbonyl (C=O) groups excluding carboxylic acids is 1. The van der Waals surface area contributed by atoms with E-state index in [-0.39, 0.29) is 5.82 Å². The van der Waals surface area contributed by atoms with Crippen molar-refractivity contribution in [3.05, 3.63) is 66.1 Å². The summed E-state index contributed by atoms with van der Waals surface area (Å²) in [7, 11) is -3.63. The molecule has 0 saturated heterocycles. The Bertz CT molecular complexity index is 1300. The number of hydrogen-bond acceptors (Lipinski definition) is 5. The predicted octanol–water partition coefficient (Wildman–Crippen LogP) is 2.88. The van der Waals surface area contributed by atoms with Crippen LogP contribution in [0.3, 0.4) is 0 Å². The molecule has 166 valence electrons. The van der Waals surface area contributed by atoms with Gasteiger partial charge >= 0.3 is 6.09 Å². The Morgan fingerprint density at radius 2 is 1.62 bits per heavy atom. The first-order valence-corrected chi connectivity index (χ1v) is 11.5. The number of benzene rings is 2. The molecule has 3 N–H and O–H groups in total. The van der Waals surface area contributed by atoms with Crippen molar-refractivity contribution in [2.75, 3.05) is 11.6 Å². The molecular formula is C21H19FN4O5S. The Hall–Kier alpha value is -3.73. The van der Waals surface area contributed by atoms with Crippen LogP contribution in [0.4, 0.5) is 15.0 Å². The fourth-order valence-electron chi connectivity index (χ4n) is 3.55. The maximum atomic E-state index is 13.8. The number of anilines is 1. The minimum atomic E-state index is -3.63. The summed E-state index contributed by atoms with van der Waals surface area (Å²) in [6, 6.07) is 14.2. The van der Waals surface area contributed by atoms with Crippen molar-refractivity contribution in [2.24, 2.45) is 0 Å². The summed E-state index contributed by atoms with van der Waals surface area (Å²) < 4.78 is 39.8. The average molecular weight is 458 g/mol. The maximum absolute atomic E-state index is 13.8. The van der Waals surface area contributed by atoms with E-state index >= 15 is 0 Å². The van der Waals surface area contributed by atoms with Gasteiger partial charge in [-0.25, -0.2) is 22.3 Å². The topological polar surface area (TPSA) is 130 Å². The second kappa shape index (κ2) is 7.75. The van der Waals surface area contributed by atoms with Crippen molar-refractivity contribution in [3.63, 3.8) is 0 Å². The second-order valence-corrected chi connectivity index (χ2v) is 9.34. The van der Waals surface area contributed by atoms with Crippen LogP contribution in [-0.2, 0) is 20.2 Å². The summed E-state index contributed by atoms with van der Waals surface area (Å²) in [6.45, 7) is 0. The lowest BCUT2D eigenvalue weighted by atomic mass is 9.93. The van der Waals surface area contributed by atoms with Crippen LogP contribution in [0.25, 0.3) is 16.8 Å². The van der Waals surface area contributed by atoms with E-state index in [9.17, 15) is 22.4 Å². The molecular weight excluding hydrogens is 439 g/mol. The first-order chi connectivity index (χ1) is 15.1. The fourth-order valence-corrected chi connectivity index (χ4v) is 4.09. The molecule has 2 amide bonds. The van der Waals surface area contributed by atoms with Crippen LogP contribution < -0.4 is 10.0 Å². The maximum Gasteiger partial charge on any atom is 0.410 e. The van der Waals surface area contributed by atoms with Crippen molar-refractivity contribution < 1.29 is 27.5 Å². The van der Waals surface area contributed by atoms with Gasteiger partial charge in [-0.2, -0.15) is 5.10 Å². The zero-order valence-electron chi connectivity index (χ0n) is 16.9. The van der Waals surface area contributed by atoms with Crippen LogP contribution >= 0.6 is 0 Å². The summed E-state index contributed by atoms with van der Waals surface area (Å²) in [5.74, 6) is -1.59. The SMILES string of the molecule is CS(=O)(=O)NC(=O)C1(c2ccc(-c3ccc(-n4ncc(F)c4NC(=O)O)cc3)cc2)CC1. The smallest absolute Gasteiger partial charge is 0.410 e. The highest BCUT2D eigenvalue weighted by atomic mass is 32.2.